The molecule has 0 aliphatic rings. The van der Waals surface area contributed by atoms with Crippen molar-refractivity contribution >= 4 is 0 Å². The molecule has 0 aromatic carbocycles. The molecule has 1 atom stereocenters. The molecule has 0 bridgehead atoms. The van der Waals surface area contributed by atoms with Gasteiger partial charge in [-0.3, -0.25) is 4.90 Å². The van der Waals surface area contributed by atoms with E-state index in [0.717, 1.165) is 19.7 Å². The van der Waals surface area contributed by atoms with Gasteiger partial charge in [-0.05, 0) is 48.1 Å². The lowest BCUT2D eigenvalue weighted by Gasteiger charge is -2.31. The molecule has 18 heavy (non-hydrogen) atoms. The highest BCUT2D eigenvalue weighted by atomic mass is 16.5. The van der Waals surface area contributed by atoms with Gasteiger partial charge in [-0.15, -0.1) is 0 Å². The third kappa shape index (κ3) is 9.86. The van der Waals surface area contributed by atoms with Gasteiger partial charge in [0.05, 0.1) is 12.7 Å². The Morgan fingerprint density at radius 2 is 1.83 bits per heavy atom. The lowest BCUT2D eigenvalue weighted by atomic mass is 10.1. The van der Waals surface area contributed by atoms with Crippen LogP contribution in [0.1, 0.15) is 54.4 Å². The first-order valence-corrected chi connectivity index (χ1v) is 7.33. The van der Waals surface area contributed by atoms with Gasteiger partial charge in [-0.1, -0.05) is 13.3 Å². The highest BCUT2D eigenvalue weighted by molar-refractivity contribution is 4.77. The molecule has 0 aliphatic heterocycles. The number of ether oxygens (including phenoxy) is 1. The average Bonchev–Trinajstić information content (AvgIpc) is 2.22. The molecule has 110 valence electrons. The summed E-state index contributed by atoms with van der Waals surface area (Å²) in [6, 6.07) is 0.602. The van der Waals surface area contributed by atoms with Gasteiger partial charge < -0.3 is 10.1 Å². The van der Waals surface area contributed by atoms with E-state index in [1.807, 2.05) is 0 Å². The molecule has 0 aromatic rings. The number of nitrogens with one attached hydrogen (secondary N) is 1. The van der Waals surface area contributed by atoms with Crippen LogP contribution in [0.25, 0.3) is 0 Å². The molecule has 0 saturated heterocycles. The van der Waals surface area contributed by atoms with Gasteiger partial charge >= 0.3 is 0 Å². The lowest BCUT2D eigenvalue weighted by molar-refractivity contribution is 0.0541. The Bertz CT molecular complexity index is 199. The monoisotopic (exact) mass is 258 g/mol. The van der Waals surface area contributed by atoms with Crippen molar-refractivity contribution in [1.82, 2.24) is 10.2 Å². The average molecular weight is 258 g/mol. The molecule has 0 rings (SSSR count). The zero-order chi connectivity index (χ0) is 14.2. The standard InChI is InChI=1S/C15H34N2O/c1-8-9-14(12-16-15(4,5)6)17(7)10-11-18-13(2)3/h13-14,16H,8-12H2,1-7H3. The van der Waals surface area contributed by atoms with Crippen molar-refractivity contribution in [3.63, 3.8) is 0 Å². The number of rotatable bonds is 9. The molecule has 1 N–H and O–H groups in total. The second-order valence-corrected chi connectivity index (χ2v) is 6.47. The summed E-state index contributed by atoms with van der Waals surface area (Å²) >= 11 is 0. The van der Waals surface area contributed by atoms with Crippen molar-refractivity contribution in [2.24, 2.45) is 0 Å². The molecule has 0 aromatic heterocycles. The Morgan fingerprint density at radius 3 is 2.28 bits per heavy atom. The molecule has 0 aliphatic carbocycles. The molecule has 0 amide bonds. The van der Waals surface area contributed by atoms with Crippen LogP contribution in [0.5, 0.6) is 0 Å². The molecule has 0 saturated carbocycles. The first-order chi connectivity index (χ1) is 8.26. The van der Waals surface area contributed by atoms with E-state index in [-0.39, 0.29) is 5.54 Å². The summed E-state index contributed by atoms with van der Waals surface area (Å²) in [5, 5.41) is 3.60. The van der Waals surface area contributed by atoms with Gasteiger partial charge in [0.2, 0.25) is 0 Å². The summed E-state index contributed by atoms with van der Waals surface area (Å²) in [5.74, 6) is 0. The molecule has 3 heteroatoms. The Kier molecular flexibility index (Phi) is 8.83. The fourth-order valence-corrected chi connectivity index (χ4v) is 1.85. The van der Waals surface area contributed by atoms with E-state index in [2.05, 4.69) is 58.8 Å². The predicted octanol–water partition coefficient (Wildman–Crippen LogP) is 2.90. The van der Waals surface area contributed by atoms with Crippen LogP contribution >= 0.6 is 0 Å². The number of likely N-dealkylation sites (N-methyl/N-ethyl adjacent to an activating group) is 1. The van der Waals surface area contributed by atoms with Gasteiger partial charge in [0.25, 0.3) is 0 Å². The Labute approximate surface area is 114 Å². The third-order valence-electron chi connectivity index (χ3n) is 3.01. The van der Waals surface area contributed by atoms with Crippen LogP contribution in [0, 0.1) is 0 Å². The van der Waals surface area contributed by atoms with Gasteiger partial charge in [0.1, 0.15) is 0 Å². The van der Waals surface area contributed by atoms with Gasteiger partial charge in [0, 0.05) is 24.7 Å². The fraction of sp³-hybridized carbons (Fsp3) is 1.00. The SMILES string of the molecule is CCCC(CNC(C)(C)C)N(C)CCOC(C)C. The maximum absolute atomic E-state index is 5.62. The Balaban J connectivity index is 4.05. The van der Waals surface area contributed by atoms with Gasteiger partial charge in [-0.2, -0.15) is 0 Å². The second kappa shape index (κ2) is 8.89. The van der Waals surface area contributed by atoms with Gasteiger partial charge in [-0.25, -0.2) is 0 Å². The number of hydrogen-bond acceptors (Lipinski definition) is 3. The van der Waals surface area contributed by atoms with Crippen LogP contribution in [-0.4, -0.2) is 49.3 Å². The van der Waals surface area contributed by atoms with Crippen molar-refractivity contribution < 1.29 is 4.74 Å². The number of hydrogen-bond donors (Lipinski definition) is 1. The van der Waals surface area contributed by atoms with E-state index in [1.165, 1.54) is 12.8 Å². The largest absolute Gasteiger partial charge is 0.377 e. The van der Waals surface area contributed by atoms with Crippen LogP contribution in [0.3, 0.4) is 0 Å². The van der Waals surface area contributed by atoms with Crippen LogP contribution in [-0.2, 0) is 4.74 Å². The second-order valence-electron chi connectivity index (χ2n) is 6.47. The molecule has 1 unspecified atom stereocenters. The summed E-state index contributed by atoms with van der Waals surface area (Å²) in [4.78, 5) is 2.42. The molecule has 0 heterocycles. The summed E-state index contributed by atoms with van der Waals surface area (Å²) in [7, 11) is 2.20. The zero-order valence-electron chi connectivity index (χ0n) is 13.5. The minimum Gasteiger partial charge on any atom is -0.377 e. The highest BCUT2D eigenvalue weighted by Gasteiger charge is 2.17. The predicted molar refractivity (Wildman–Crippen MR) is 80.2 cm³/mol. The summed E-state index contributed by atoms with van der Waals surface area (Å²) in [6.45, 7) is 16.0. The maximum Gasteiger partial charge on any atom is 0.0596 e. The zero-order valence-corrected chi connectivity index (χ0v) is 13.5. The van der Waals surface area contributed by atoms with Gasteiger partial charge in [0.15, 0.2) is 0 Å². The number of nitrogens with zero attached hydrogens (tertiary/aromatic N) is 1. The van der Waals surface area contributed by atoms with E-state index in [4.69, 9.17) is 4.74 Å². The third-order valence-corrected chi connectivity index (χ3v) is 3.01. The first kappa shape index (κ1) is 17.9. The maximum atomic E-state index is 5.62. The Hall–Kier alpha value is -0.120. The fourth-order valence-electron chi connectivity index (χ4n) is 1.85. The van der Waals surface area contributed by atoms with Crippen LogP contribution in [0.4, 0.5) is 0 Å². The van der Waals surface area contributed by atoms with Crippen molar-refractivity contribution in [3.8, 4) is 0 Å². The summed E-state index contributed by atoms with van der Waals surface area (Å²) in [5.41, 5.74) is 0.196. The minimum atomic E-state index is 0.196. The van der Waals surface area contributed by atoms with Crippen LogP contribution in [0.2, 0.25) is 0 Å². The van der Waals surface area contributed by atoms with E-state index < -0.39 is 0 Å². The molecule has 3 nitrogen and oxygen atoms in total. The summed E-state index contributed by atoms with van der Waals surface area (Å²) < 4.78 is 5.62. The van der Waals surface area contributed by atoms with E-state index in [1.54, 1.807) is 0 Å². The van der Waals surface area contributed by atoms with E-state index >= 15 is 0 Å². The Morgan fingerprint density at radius 1 is 1.22 bits per heavy atom. The van der Waals surface area contributed by atoms with E-state index in [9.17, 15) is 0 Å². The van der Waals surface area contributed by atoms with Crippen LogP contribution in [0.15, 0.2) is 0 Å². The van der Waals surface area contributed by atoms with Crippen molar-refractivity contribution in [1.29, 1.82) is 0 Å². The molecule has 0 spiro atoms. The minimum absolute atomic E-state index is 0.196. The molecular weight excluding hydrogens is 224 g/mol. The molecular formula is C15H34N2O. The first-order valence-electron chi connectivity index (χ1n) is 7.33. The van der Waals surface area contributed by atoms with Crippen LogP contribution < -0.4 is 5.32 Å². The van der Waals surface area contributed by atoms with Crippen molar-refractivity contribution in [2.75, 3.05) is 26.7 Å². The smallest absolute Gasteiger partial charge is 0.0596 e. The lowest BCUT2D eigenvalue weighted by Crippen LogP contribution is -2.47. The highest BCUT2D eigenvalue weighted by Crippen LogP contribution is 2.07. The quantitative estimate of drug-likeness (QED) is 0.688. The van der Waals surface area contributed by atoms with Crippen molar-refractivity contribution in [2.45, 2.75) is 72.1 Å². The normalized spacial score (nSPS) is 14.5. The summed E-state index contributed by atoms with van der Waals surface area (Å²) in [6.07, 6.45) is 2.79. The molecule has 0 fully saturated rings. The van der Waals surface area contributed by atoms with E-state index in [0.29, 0.717) is 12.1 Å². The topological polar surface area (TPSA) is 24.5 Å². The molecule has 0 radical (unpaired) electrons. The van der Waals surface area contributed by atoms with Crippen molar-refractivity contribution in [3.05, 3.63) is 0 Å².